The highest BCUT2D eigenvalue weighted by atomic mass is 16.6. The fourth-order valence-electron chi connectivity index (χ4n) is 3.55. The first-order valence-electron chi connectivity index (χ1n) is 11.1. The van der Waals surface area contributed by atoms with Crippen molar-refractivity contribution in [1.82, 2.24) is 5.32 Å². The summed E-state index contributed by atoms with van der Waals surface area (Å²) in [5.74, 6) is -2.26. The van der Waals surface area contributed by atoms with Gasteiger partial charge in [0.05, 0.1) is 17.7 Å². The second-order valence-corrected chi connectivity index (χ2v) is 7.77. The maximum absolute atomic E-state index is 13.2. The fraction of sp³-hybridized carbons (Fsp3) is 0.0370. The van der Waals surface area contributed by atoms with Crippen LogP contribution < -0.4 is 19.7 Å². The predicted octanol–water partition coefficient (Wildman–Crippen LogP) is 3.89. The quantitative estimate of drug-likeness (QED) is 0.125. The van der Waals surface area contributed by atoms with Gasteiger partial charge in [0.2, 0.25) is 0 Å². The minimum atomic E-state index is -0.933. The number of nitro groups is 1. The number of para-hydroxylation sites is 3. The van der Waals surface area contributed by atoms with Gasteiger partial charge in [0.15, 0.2) is 0 Å². The van der Waals surface area contributed by atoms with Crippen LogP contribution in [0.3, 0.4) is 0 Å². The van der Waals surface area contributed by atoms with Crippen LogP contribution in [0.15, 0.2) is 84.4 Å². The zero-order valence-corrected chi connectivity index (χ0v) is 19.8. The number of imide groups is 2. The predicted molar refractivity (Wildman–Crippen MR) is 136 cm³/mol. The van der Waals surface area contributed by atoms with Gasteiger partial charge in [0.25, 0.3) is 17.5 Å². The van der Waals surface area contributed by atoms with Gasteiger partial charge in [-0.2, -0.15) is 0 Å². The third-order valence-electron chi connectivity index (χ3n) is 5.37. The topological polar surface area (TPSA) is 145 Å². The molecule has 0 unspecified atom stereocenters. The Balaban J connectivity index is 1.58. The zero-order valence-electron chi connectivity index (χ0n) is 19.8. The summed E-state index contributed by atoms with van der Waals surface area (Å²) < 4.78 is 10.6. The number of esters is 1. The van der Waals surface area contributed by atoms with Gasteiger partial charge >= 0.3 is 12.0 Å². The number of nitrogens with one attached hydrogen (secondary N) is 1. The van der Waals surface area contributed by atoms with Crippen LogP contribution in [0.4, 0.5) is 16.2 Å². The Morgan fingerprint density at radius 3 is 2.29 bits per heavy atom. The number of non-ortho nitro benzene ring substituents is 1. The van der Waals surface area contributed by atoms with E-state index in [-0.39, 0.29) is 34.0 Å². The van der Waals surface area contributed by atoms with E-state index in [4.69, 9.17) is 9.47 Å². The van der Waals surface area contributed by atoms with E-state index in [1.54, 1.807) is 30.3 Å². The summed E-state index contributed by atoms with van der Waals surface area (Å²) in [5, 5.41) is 12.9. The molecule has 0 radical (unpaired) electrons. The van der Waals surface area contributed by atoms with Crippen LogP contribution in [0.2, 0.25) is 0 Å². The Bertz CT molecular complexity index is 1510. The van der Waals surface area contributed by atoms with E-state index in [2.05, 4.69) is 5.32 Å². The van der Waals surface area contributed by atoms with Crippen molar-refractivity contribution < 1.29 is 33.6 Å². The molecular formula is C27H19N3O8. The molecular weight excluding hydrogens is 494 g/mol. The molecule has 1 N–H and O–H groups in total. The van der Waals surface area contributed by atoms with Crippen LogP contribution in [0.25, 0.3) is 12.2 Å². The zero-order chi connectivity index (χ0) is 27.2. The minimum Gasteiger partial charge on any atom is -0.495 e. The highest BCUT2D eigenvalue weighted by molar-refractivity contribution is 6.39. The molecule has 1 aliphatic heterocycles. The average molecular weight is 513 g/mol. The van der Waals surface area contributed by atoms with Crippen LogP contribution in [0.1, 0.15) is 11.1 Å². The van der Waals surface area contributed by atoms with Crippen molar-refractivity contribution in [2.24, 2.45) is 0 Å². The number of amides is 4. The molecule has 0 aromatic heterocycles. The highest BCUT2D eigenvalue weighted by Gasteiger charge is 2.38. The van der Waals surface area contributed by atoms with Crippen molar-refractivity contribution in [2.75, 3.05) is 12.0 Å². The lowest BCUT2D eigenvalue weighted by Gasteiger charge is -2.27. The first kappa shape index (κ1) is 25.5. The Morgan fingerprint density at radius 2 is 1.61 bits per heavy atom. The summed E-state index contributed by atoms with van der Waals surface area (Å²) >= 11 is 0. The van der Waals surface area contributed by atoms with E-state index in [1.807, 2.05) is 0 Å². The number of urea groups is 1. The standard InChI is InChI=1S/C27H19N3O8/c1-37-23-9-5-3-7-21(23)29-26(33)20(25(32)28-27(29)34)16-18-6-2-4-8-22(18)38-24(31)15-12-17-10-13-19(14-11-17)30(35)36/h2-16H,1H3,(H,28,32,34)/b15-12+,20-16-. The van der Waals surface area contributed by atoms with Crippen LogP contribution in [0, 0.1) is 10.1 Å². The van der Waals surface area contributed by atoms with Crippen molar-refractivity contribution in [3.8, 4) is 11.5 Å². The first-order chi connectivity index (χ1) is 18.3. The fourth-order valence-corrected chi connectivity index (χ4v) is 3.55. The molecule has 190 valence electrons. The number of nitrogens with zero attached hydrogens (tertiary/aromatic N) is 2. The van der Waals surface area contributed by atoms with E-state index < -0.39 is 28.7 Å². The Morgan fingerprint density at radius 1 is 0.947 bits per heavy atom. The number of methoxy groups -OCH3 is 1. The van der Waals surface area contributed by atoms with E-state index in [0.29, 0.717) is 5.56 Å². The SMILES string of the molecule is COc1ccccc1N1C(=O)NC(=O)/C(=C/c2ccccc2OC(=O)/C=C/c2ccc([N+](=O)[O-])cc2)C1=O. The average Bonchev–Trinajstić information content (AvgIpc) is 2.91. The van der Waals surface area contributed by atoms with Crippen molar-refractivity contribution in [3.05, 3.63) is 106 Å². The van der Waals surface area contributed by atoms with E-state index >= 15 is 0 Å². The molecule has 4 rings (SSSR count). The van der Waals surface area contributed by atoms with Crippen LogP contribution >= 0.6 is 0 Å². The first-order valence-corrected chi connectivity index (χ1v) is 11.1. The molecule has 11 heteroatoms. The number of carbonyl (C=O) groups excluding carboxylic acids is 4. The largest absolute Gasteiger partial charge is 0.495 e. The number of ether oxygens (including phenoxy) is 2. The summed E-state index contributed by atoms with van der Waals surface area (Å²) in [4.78, 5) is 61.8. The number of benzene rings is 3. The number of rotatable bonds is 7. The molecule has 3 aromatic rings. The molecule has 0 aliphatic carbocycles. The number of barbiturate groups is 1. The molecule has 0 spiro atoms. The minimum absolute atomic E-state index is 0.0553. The van der Waals surface area contributed by atoms with Crippen LogP contribution in [0.5, 0.6) is 11.5 Å². The van der Waals surface area contributed by atoms with Gasteiger partial charge in [-0.15, -0.1) is 0 Å². The van der Waals surface area contributed by atoms with E-state index in [1.165, 1.54) is 61.7 Å². The lowest BCUT2D eigenvalue weighted by Crippen LogP contribution is -2.54. The molecule has 4 amide bonds. The second-order valence-electron chi connectivity index (χ2n) is 7.77. The maximum atomic E-state index is 13.2. The summed E-state index contributed by atoms with van der Waals surface area (Å²) in [6.07, 6.45) is 3.77. The van der Waals surface area contributed by atoms with E-state index in [9.17, 15) is 29.3 Å². The molecule has 1 saturated heterocycles. The lowest BCUT2D eigenvalue weighted by atomic mass is 10.1. The molecule has 1 aliphatic rings. The van der Waals surface area contributed by atoms with Crippen molar-refractivity contribution >= 4 is 47.3 Å². The van der Waals surface area contributed by atoms with Gasteiger partial charge < -0.3 is 9.47 Å². The molecule has 0 bridgehead atoms. The number of carbonyl (C=O) groups is 4. The van der Waals surface area contributed by atoms with E-state index in [0.717, 1.165) is 11.0 Å². The van der Waals surface area contributed by atoms with Crippen molar-refractivity contribution in [2.45, 2.75) is 0 Å². The molecule has 11 nitrogen and oxygen atoms in total. The summed E-state index contributed by atoms with van der Waals surface area (Å²) in [6, 6.07) is 17.2. The second kappa shape index (κ2) is 11.0. The third kappa shape index (κ3) is 5.46. The Hall–Kier alpha value is -5.58. The summed E-state index contributed by atoms with van der Waals surface area (Å²) in [7, 11) is 1.38. The lowest BCUT2D eigenvalue weighted by molar-refractivity contribution is -0.384. The monoisotopic (exact) mass is 513 g/mol. The number of anilines is 1. The maximum Gasteiger partial charge on any atom is 0.336 e. The third-order valence-corrected chi connectivity index (χ3v) is 5.37. The number of nitro benzene ring substituents is 1. The molecule has 1 heterocycles. The Kier molecular flexibility index (Phi) is 7.38. The Labute approximate surface area is 215 Å². The molecule has 3 aromatic carbocycles. The molecule has 0 atom stereocenters. The number of hydrogen-bond donors (Lipinski definition) is 1. The van der Waals surface area contributed by atoms with Crippen LogP contribution in [-0.2, 0) is 14.4 Å². The van der Waals surface area contributed by atoms with Gasteiger partial charge in [-0.05, 0) is 48.0 Å². The summed E-state index contributed by atoms with van der Waals surface area (Å²) in [5.41, 5.74) is 0.470. The van der Waals surface area contributed by atoms with Gasteiger partial charge in [-0.3, -0.25) is 25.0 Å². The van der Waals surface area contributed by atoms with Gasteiger partial charge in [-0.25, -0.2) is 14.5 Å². The van der Waals surface area contributed by atoms with Gasteiger partial charge in [0, 0.05) is 23.8 Å². The smallest absolute Gasteiger partial charge is 0.336 e. The molecule has 38 heavy (non-hydrogen) atoms. The van der Waals surface area contributed by atoms with Crippen molar-refractivity contribution in [3.63, 3.8) is 0 Å². The normalized spacial score (nSPS) is 14.5. The van der Waals surface area contributed by atoms with Gasteiger partial charge in [0.1, 0.15) is 17.1 Å². The summed E-state index contributed by atoms with van der Waals surface area (Å²) in [6.45, 7) is 0. The van der Waals surface area contributed by atoms with Gasteiger partial charge in [-0.1, -0.05) is 30.3 Å². The molecule has 0 saturated carbocycles. The highest BCUT2D eigenvalue weighted by Crippen LogP contribution is 2.31. The van der Waals surface area contributed by atoms with Crippen LogP contribution in [-0.4, -0.2) is 35.8 Å². The van der Waals surface area contributed by atoms with Crippen molar-refractivity contribution in [1.29, 1.82) is 0 Å². The number of hydrogen-bond acceptors (Lipinski definition) is 8. The molecule has 1 fully saturated rings.